The molecule has 1 atom stereocenters. The van der Waals surface area contributed by atoms with Gasteiger partial charge in [0.05, 0.1) is 12.3 Å². The number of rotatable bonds is 4. The molecule has 0 spiro atoms. The number of nitrogens with zero attached hydrogens (tertiary/aromatic N) is 1. The third kappa shape index (κ3) is 3.79. The molecule has 0 radical (unpaired) electrons. The van der Waals surface area contributed by atoms with Crippen molar-refractivity contribution < 1.29 is 4.74 Å². The molecule has 0 aromatic heterocycles. The van der Waals surface area contributed by atoms with Gasteiger partial charge in [0.15, 0.2) is 0 Å². The van der Waals surface area contributed by atoms with E-state index in [1.165, 1.54) is 24.9 Å². The van der Waals surface area contributed by atoms with Crippen LogP contribution in [0.3, 0.4) is 0 Å². The zero-order valence-corrected chi connectivity index (χ0v) is 12.2. The second-order valence-corrected chi connectivity index (χ2v) is 5.59. The van der Waals surface area contributed by atoms with E-state index in [2.05, 4.69) is 30.9 Å². The summed E-state index contributed by atoms with van der Waals surface area (Å²) in [5, 5.41) is 0. The zero-order valence-electron chi connectivity index (χ0n) is 12.2. The number of nitrogens with two attached hydrogens (primary N) is 1. The van der Waals surface area contributed by atoms with E-state index in [4.69, 9.17) is 10.5 Å². The van der Waals surface area contributed by atoms with Crippen LogP contribution in [0.2, 0.25) is 0 Å². The molecule has 0 bridgehead atoms. The van der Waals surface area contributed by atoms with Crippen LogP contribution in [0.5, 0.6) is 5.75 Å². The van der Waals surface area contributed by atoms with E-state index in [0.29, 0.717) is 0 Å². The Balaban J connectivity index is 2.10. The third-order valence-corrected chi connectivity index (χ3v) is 3.84. The van der Waals surface area contributed by atoms with Crippen LogP contribution in [-0.4, -0.2) is 19.7 Å². The van der Waals surface area contributed by atoms with Gasteiger partial charge in [-0.3, -0.25) is 0 Å². The van der Waals surface area contributed by atoms with Crippen LogP contribution < -0.4 is 15.4 Å². The molecule has 0 saturated carbocycles. The SMILES string of the molecule is CCCOc1cc(N2CCCC(C)CC2)ccc1N. The molecule has 3 heteroatoms. The van der Waals surface area contributed by atoms with Crippen molar-refractivity contribution in [1.29, 1.82) is 0 Å². The van der Waals surface area contributed by atoms with Gasteiger partial charge in [0.1, 0.15) is 5.75 Å². The van der Waals surface area contributed by atoms with Gasteiger partial charge in [-0.05, 0) is 43.7 Å². The molecule has 19 heavy (non-hydrogen) atoms. The van der Waals surface area contributed by atoms with Gasteiger partial charge in [-0.15, -0.1) is 0 Å². The highest BCUT2D eigenvalue weighted by molar-refractivity contribution is 5.62. The van der Waals surface area contributed by atoms with Gasteiger partial charge in [0, 0.05) is 24.8 Å². The zero-order chi connectivity index (χ0) is 13.7. The van der Waals surface area contributed by atoms with E-state index in [1.807, 2.05) is 6.07 Å². The number of hydrogen-bond acceptors (Lipinski definition) is 3. The van der Waals surface area contributed by atoms with Crippen molar-refractivity contribution in [2.24, 2.45) is 5.92 Å². The fraction of sp³-hybridized carbons (Fsp3) is 0.625. The van der Waals surface area contributed by atoms with Crippen molar-refractivity contribution in [3.05, 3.63) is 18.2 Å². The third-order valence-electron chi connectivity index (χ3n) is 3.84. The molecule has 106 valence electrons. The van der Waals surface area contributed by atoms with E-state index < -0.39 is 0 Å². The minimum Gasteiger partial charge on any atom is -0.491 e. The quantitative estimate of drug-likeness (QED) is 0.841. The average Bonchev–Trinajstić information content (AvgIpc) is 2.63. The molecule has 1 unspecified atom stereocenters. The number of nitrogen functional groups attached to an aromatic ring is 1. The largest absolute Gasteiger partial charge is 0.491 e. The lowest BCUT2D eigenvalue weighted by Gasteiger charge is -2.24. The van der Waals surface area contributed by atoms with Crippen LogP contribution >= 0.6 is 0 Å². The standard InChI is InChI=1S/C16H26N2O/c1-3-11-19-16-12-14(6-7-15(16)17)18-9-4-5-13(2)8-10-18/h6-7,12-13H,3-5,8-11,17H2,1-2H3. The number of hydrogen-bond donors (Lipinski definition) is 1. The Morgan fingerprint density at radius 3 is 2.95 bits per heavy atom. The maximum absolute atomic E-state index is 5.97. The van der Waals surface area contributed by atoms with Gasteiger partial charge >= 0.3 is 0 Å². The van der Waals surface area contributed by atoms with Crippen molar-refractivity contribution in [2.75, 3.05) is 30.3 Å². The van der Waals surface area contributed by atoms with E-state index in [0.717, 1.165) is 43.5 Å². The highest BCUT2D eigenvalue weighted by Crippen LogP contribution is 2.30. The first-order valence-electron chi connectivity index (χ1n) is 7.48. The first-order chi connectivity index (χ1) is 9.20. The minimum atomic E-state index is 0.727. The molecule has 1 heterocycles. The number of anilines is 2. The molecule has 1 aliphatic heterocycles. The first-order valence-corrected chi connectivity index (χ1v) is 7.48. The molecule has 2 N–H and O–H groups in total. The highest BCUT2D eigenvalue weighted by atomic mass is 16.5. The summed E-state index contributed by atoms with van der Waals surface area (Å²) in [6, 6.07) is 6.18. The van der Waals surface area contributed by atoms with Gasteiger partial charge in [0.25, 0.3) is 0 Å². The highest BCUT2D eigenvalue weighted by Gasteiger charge is 2.15. The van der Waals surface area contributed by atoms with Crippen LogP contribution in [-0.2, 0) is 0 Å². The normalized spacial score (nSPS) is 20.1. The van der Waals surface area contributed by atoms with Crippen LogP contribution in [0.1, 0.15) is 39.5 Å². The predicted octanol–water partition coefficient (Wildman–Crippen LogP) is 3.68. The molecular formula is C16H26N2O. The Bertz CT molecular complexity index is 406. The van der Waals surface area contributed by atoms with Gasteiger partial charge in [0.2, 0.25) is 0 Å². The maximum atomic E-state index is 5.97. The summed E-state index contributed by atoms with van der Waals surface area (Å²) in [5.41, 5.74) is 7.95. The fourth-order valence-electron chi connectivity index (χ4n) is 2.58. The molecule has 1 saturated heterocycles. The topological polar surface area (TPSA) is 38.5 Å². The molecule has 0 amide bonds. The minimum absolute atomic E-state index is 0.727. The Kier molecular flexibility index (Phi) is 4.94. The van der Waals surface area contributed by atoms with Crippen molar-refractivity contribution >= 4 is 11.4 Å². The summed E-state index contributed by atoms with van der Waals surface area (Å²) in [7, 11) is 0. The smallest absolute Gasteiger partial charge is 0.144 e. The maximum Gasteiger partial charge on any atom is 0.144 e. The van der Waals surface area contributed by atoms with Crippen molar-refractivity contribution in [3.8, 4) is 5.75 Å². The summed E-state index contributed by atoms with van der Waals surface area (Å²) in [6.45, 7) is 7.46. The van der Waals surface area contributed by atoms with Gasteiger partial charge in [-0.25, -0.2) is 0 Å². The van der Waals surface area contributed by atoms with E-state index >= 15 is 0 Å². The number of benzene rings is 1. The molecule has 2 rings (SSSR count). The van der Waals surface area contributed by atoms with E-state index in [-0.39, 0.29) is 0 Å². The lowest BCUT2D eigenvalue weighted by molar-refractivity contribution is 0.319. The van der Waals surface area contributed by atoms with Gasteiger partial charge in [-0.1, -0.05) is 13.8 Å². The Hall–Kier alpha value is -1.38. The summed E-state index contributed by atoms with van der Waals surface area (Å²) in [4.78, 5) is 2.46. The average molecular weight is 262 g/mol. The van der Waals surface area contributed by atoms with Gasteiger partial charge < -0.3 is 15.4 Å². The van der Waals surface area contributed by atoms with Crippen molar-refractivity contribution in [1.82, 2.24) is 0 Å². The molecule has 1 aliphatic rings. The summed E-state index contributed by atoms with van der Waals surface area (Å²) < 4.78 is 5.72. The fourth-order valence-corrected chi connectivity index (χ4v) is 2.58. The van der Waals surface area contributed by atoms with Crippen LogP contribution in [0.4, 0.5) is 11.4 Å². The van der Waals surface area contributed by atoms with Crippen LogP contribution in [0.25, 0.3) is 0 Å². The number of ether oxygens (including phenoxy) is 1. The van der Waals surface area contributed by atoms with Crippen molar-refractivity contribution in [3.63, 3.8) is 0 Å². The molecule has 1 aromatic rings. The van der Waals surface area contributed by atoms with Crippen LogP contribution in [0, 0.1) is 5.92 Å². The van der Waals surface area contributed by atoms with E-state index in [1.54, 1.807) is 0 Å². The summed E-state index contributed by atoms with van der Waals surface area (Å²) >= 11 is 0. The Labute approximate surface area is 116 Å². The summed E-state index contributed by atoms with van der Waals surface area (Å²) in [6.07, 6.45) is 4.89. The molecule has 1 fully saturated rings. The summed E-state index contributed by atoms with van der Waals surface area (Å²) in [5.74, 6) is 1.67. The van der Waals surface area contributed by atoms with Crippen LogP contribution in [0.15, 0.2) is 18.2 Å². The second kappa shape index (κ2) is 6.69. The molecular weight excluding hydrogens is 236 g/mol. The first kappa shape index (κ1) is 14.0. The molecule has 1 aromatic carbocycles. The lowest BCUT2D eigenvalue weighted by atomic mass is 10.0. The Morgan fingerprint density at radius 1 is 1.32 bits per heavy atom. The molecule has 3 nitrogen and oxygen atoms in total. The molecule has 0 aliphatic carbocycles. The van der Waals surface area contributed by atoms with Gasteiger partial charge in [-0.2, -0.15) is 0 Å². The monoisotopic (exact) mass is 262 g/mol. The van der Waals surface area contributed by atoms with Crippen molar-refractivity contribution in [2.45, 2.75) is 39.5 Å². The Morgan fingerprint density at radius 2 is 2.16 bits per heavy atom. The second-order valence-electron chi connectivity index (χ2n) is 5.59. The lowest BCUT2D eigenvalue weighted by Crippen LogP contribution is -2.24. The predicted molar refractivity (Wildman–Crippen MR) is 81.9 cm³/mol. The van der Waals surface area contributed by atoms with E-state index in [9.17, 15) is 0 Å².